The molecule has 28 heavy (non-hydrogen) atoms. The van der Waals surface area contributed by atoms with Crippen LogP contribution in [0.5, 0.6) is 5.75 Å². The minimum atomic E-state index is -0.107. The lowest BCUT2D eigenvalue weighted by molar-refractivity contribution is -0.909. The Hall–Kier alpha value is -2.63. The molecule has 1 saturated heterocycles. The molecular weight excluding hydrogens is 352 g/mol. The molecule has 5 heteroatoms. The van der Waals surface area contributed by atoms with Gasteiger partial charge in [0.1, 0.15) is 31.4 Å². The molecule has 1 amide bonds. The molecule has 1 aliphatic rings. The van der Waals surface area contributed by atoms with Gasteiger partial charge in [-0.25, -0.2) is 0 Å². The standard InChI is InChI=1S/C23H28N2O3/c1-18-7-9-19(10-8-18)21(17-25-13-15-28-16-14-25)24-23(26)12-11-20-5-3-4-6-22(20)27-2/h3-12,21H,13-17H2,1-2H3,(H,24,26)/p+1/b12-11+/t21-/m1/s1. The Morgan fingerprint density at radius 2 is 1.89 bits per heavy atom. The lowest BCUT2D eigenvalue weighted by atomic mass is 10.0. The number of ether oxygens (including phenoxy) is 2. The highest BCUT2D eigenvalue weighted by atomic mass is 16.5. The quantitative estimate of drug-likeness (QED) is 0.719. The van der Waals surface area contributed by atoms with Crippen LogP contribution in [-0.2, 0) is 9.53 Å². The van der Waals surface area contributed by atoms with Crippen molar-refractivity contribution in [3.8, 4) is 5.75 Å². The van der Waals surface area contributed by atoms with Gasteiger partial charge in [-0.15, -0.1) is 0 Å². The zero-order valence-corrected chi connectivity index (χ0v) is 16.6. The van der Waals surface area contributed by atoms with Crippen LogP contribution in [0.25, 0.3) is 6.08 Å². The number of benzene rings is 2. The van der Waals surface area contributed by atoms with Crippen LogP contribution < -0.4 is 15.0 Å². The van der Waals surface area contributed by atoms with E-state index in [1.54, 1.807) is 19.3 Å². The van der Waals surface area contributed by atoms with E-state index in [0.717, 1.165) is 49.7 Å². The van der Waals surface area contributed by atoms with Gasteiger partial charge in [0.2, 0.25) is 5.91 Å². The van der Waals surface area contributed by atoms with E-state index in [0.29, 0.717) is 0 Å². The summed E-state index contributed by atoms with van der Waals surface area (Å²) >= 11 is 0. The van der Waals surface area contributed by atoms with Gasteiger partial charge < -0.3 is 19.7 Å². The summed E-state index contributed by atoms with van der Waals surface area (Å²) in [5, 5.41) is 3.18. The molecule has 0 aliphatic carbocycles. The normalized spacial score (nSPS) is 16.1. The third-order valence-corrected chi connectivity index (χ3v) is 5.04. The Bertz CT molecular complexity index is 796. The molecule has 1 fully saturated rings. The molecule has 3 rings (SSSR count). The molecule has 2 aromatic carbocycles. The van der Waals surface area contributed by atoms with Crippen LogP contribution in [-0.4, -0.2) is 45.9 Å². The van der Waals surface area contributed by atoms with E-state index < -0.39 is 0 Å². The molecule has 0 unspecified atom stereocenters. The summed E-state index contributed by atoms with van der Waals surface area (Å²) in [6, 6.07) is 16.0. The van der Waals surface area contributed by atoms with Crippen LogP contribution in [0.15, 0.2) is 54.6 Å². The summed E-state index contributed by atoms with van der Waals surface area (Å²) in [4.78, 5) is 14.1. The van der Waals surface area contributed by atoms with E-state index in [1.165, 1.54) is 10.5 Å². The van der Waals surface area contributed by atoms with E-state index in [1.807, 2.05) is 24.3 Å². The second-order valence-electron chi connectivity index (χ2n) is 7.11. The molecule has 0 radical (unpaired) electrons. The van der Waals surface area contributed by atoms with Crippen molar-refractivity contribution in [2.24, 2.45) is 0 Å². The summed E-state index contributed by atoms with van der Waals surface area (Å²) in [6.45, 7) is 6.40. The average Bonchev–Trinajstić information content (AvgIpc) is 2.73. The number of hydrogen-bond donors (Lipinski definition) is 2. The van der Waals surface area contributed by atoms with Crippen molar-refractivity contribution in [2.45, 2.75) is 13.0 Å². The van der Waals surface area contributed by atoms with Crippen LogP contribution in [0.1, 0.15) is 22.7 Å². The van der Waals surface area contributed by atoms with Gasteiger partial charge in [0.05, 0.1) is 20.3 Å². The molecule has 1 aliphatic heterocycles. The number of carbonyl (C=O) groups is 1. The first-order valence-electron chi connectivity index (χ1n) is 9.75. The van der Waals surface area contributed by atoms with Gasteiger partial charge in [-0.1, -0.05) is 48.0 Å². The number of para-hydroxylation sites is 1. The second-order valence-corrected chi connectivity index (χ2v) is 7.11. The Balaban J connectivity index is 1.71. The van der Waals surface area contributed by atoms with Crippen molar-refractivity contribution in [3.63, 3.8) is 0 Å². The van der Waals surface area contributed by atoms with Crippen molar-refractivity contribution in [2.75, 3.05) is 40.0 Å². The zero-order chi connectivity index (χ0) is 19.8. The molecule has 5 nitrogen and oxygen atoms in total. The lowest BCUT2D eigenvalue weighted by Gasteiger charge is -2.28. The largest absolute Gasteiger partial charge is 0.496 e. The number of rotatable bonds is 7. The molecule has 2 N–H and O–H groups in total. The maximum Gasteiger partial charge on any atom is 0.244 e. The number of aryl methyl sites for hydroxylation is 1. The van der Waals surface area contributed by atoms with Gasteiger partial charge in [0.15, 0.2) is 0 Å². The second kappa shape index (κ2) is 10.1. The lowest BCUT2D eigenvalue weighted by Crippen LogP contribution is -3.14. The molecular formula is C23H29N2O3+. The van der Waals surface area contributed by atoms with Crippen LogP contribution in [0.3, 0.4) is 0 Å². The topological polar surface area (TPSA) is 52.0 Å². The van der Waals surface area contributed by atoms with Crippen LogP contribution in [0, 0.1) is 6.92 Å². The van der Waals surface area contributed by atoms with E-state index >= 15 is 0 Å². The highest BCUT2D eigenvalue weighted by Gasteiger charge is 2.22. The van der Waals surface area contributed by atoms with Gasteiger partial charge >= 0.3 is 0 Å². The monoisotopic (exact) mass is 381 g/mol. The Kier molecular flexibility index (Phi) is 7.23. The Morgan fingerprint density at radius 1 is 1.18 bits per heavy atom. The maximum absolute atomic E-state index is 12.6. The number of nitrogens with one attached hydrogen (secondary N) is 2. The number of amides is 1. The van der Waals surface area contributed by atoms with Gasteiger partial charge in [0.25, 0.3) is 0 Å². The van der Waals surface area contributed by atoms with Crippen molar-refractivity contribution >= 4 is 12.0 Å². The molecule has 0 bridgehead atoms. The SMILES string of the molecule is COc1ccccc1/C=C/C(=O)N[C@H](C[NH+]1CCOCC1)c1ccc(C)cc1. The minimum Gasteiger partial charge on any atom is -0.496 e. The number of hydrogen-bond acceptors (Lipinski definition) is 3. The van der Waals surface area contributed by atoms with Crippen molar-refractivity contribution in [1.29, 1.82) is 0 Å². The molecule has 0 spiro atoms. The zero-order valence-electron chi connectivity index (χ0n) is 16.6. The Morgan fingerprint density at radius 3 is 2.61 bits per heavy atom. The summed E-state index contributed by atoms with van der Waals surface area (Å²) in [6.07, 6.45) is 3.37. The van der Waals surface area contributed by atoms with E-state index in [4.69, 9.17) is 9.47 Å². The van der Waals surface area contributed by atoms with E-state index in [-0.39, 0.29) is 11.9 Å². The summed E-state index contributed by atoms with van der Waals surface area (Å²) < 4.78 is 10.8. The third-order valence-electron chi connectivity index (χ3n) is 5.04. The van der Waals surface area contributed by atoms with E-state index in [9.17, 15) is 4.79 Å². The molecule has 148 valence electrons. The molecule has 1 heterocycles. The van der Waals surface area contributed by atoms with Crippen LogP contribution in [0.4, 0.5) is 0 Å². The fourth-order valence-corrected chi connectivity index (χ4v) is 3.39. The first-order valence-corrected chi connectivity index (χ1v) is 9.75. The minimum absolute atomic E-state index is 0.0384. The van der Waals surface area contributed by atoms with Crippen molar-refractivity contribution < 1.29 is 19.2 Å². The number of morpholine rings is 1. The summed E-state index contributed by atoms with van der Waals surface area (Å²) in [5.41, 5.74) is 3.22. The highest BCUT2D eigenvalue weighted by molar-refractivity contribution is 5.92. The van der Waals surface area contributed by atoms with Crippen LogP contribution >= 0.6 is 0 Å². The van der Waals surface area contributed by atoms with Gasteiger partial charge in [-0.05, 0) is 24.6 Å². The predicted octanol–water partition coefficient (Wildman–Crippen LogP) is 1.79. The van der Waals surface area contributed by atoms with Gasteiger partial charge in [-0.2, -0.15) is 0 Å². The maximum atomic E-state index is 12.6. The average molecular weight is 381 g/mol. The first kappa shape index (κ1) is 20.1. The van der Waals surface area contributed by atoms with Crippen molar-refractivity contribution in [1.82, 2.24) is 5.32 Å². The summed E-state index contributed by atoms with van der Waals surface area (Å²) in [7, 11) is 1.63. The molecule has 1 atom stereocenters. The Labute approximate surface area is 167 Å². The molecule has 0 saturated carbocycles. The first-order chi connectivity index (χ1) is 13.7. The van der Waals surface area contributed by atoms with Crippen molar-refractivity contribution in [3.05, 3.63) is 71.3 Å². The van der Waals surface area contributed by atoms with Gasteiger partial charge in [0, 0.05) is 11.6 Å². The fourth-order valence-electron chi connectivity index (χ4n) is 3.39. The fraction of sp³-hybridized carbons (Fsp3) is 0.348. The number of quaternary nitrogens is 1. The van der Waals surface area contributed by atoms with E-state index in [2.05, 4.69) is 36.5 Å². The third kappa shape index (κ3) is 5.68. The smallest absolute Gasteiger partial charge is 0.244 e. The molecule has 0 aromatic heterocycles. The van der Waals surface area contributed by atoms with Gasteiger partial charge in [-0.3, -0.25) is 4.79 Å². The molecule has 2 aromatic rings. The number of methoxy groups -OCH3 is 1. The highest BCUT2D eigenvalue weighted by Crippen LogP contribution is 2.19. The number of carbonyl (C=O) groups excluding carboxylic acids is 1. The predicted molar refractivity (Wildman–Crippen MR) is 110 cm³/mol. The summed E-state index contributed by atoms with van der Waals surface area (Å²) in [5.74, 6) is 0.642. The van der Waals surface area contributed by atoms with Crippen LogP contribution in [0.2, 0.25) is 0 Å².